The molecular formula is C19H31N7O2. The van der Waals surface area contributed by atoms with Crippen molar-refractivity contribution in [1.29, 1.82) is 0 Å². The maximum atomic E-state index is 12.3. The second-order valence-corrected chi connectivity index (χ2v) is 8.11. The minimum Gasteiger partial charge on any atom is -0.443 e. The molecule has 2 N–H and O–H groups in total. The van der Waals surface area contributed by atoms with Gasteiger partial charge in [0.15, 0.2) is 5.96 Å². The Hall–Kier alpha value is -2.58. The smallest absolute Gasteiger partial charge is 0.345 e. The number of aliphatic imine (C=N–C) groups is 1. The van der Waals surface area contributed by atoms with Gasteiger partial charge in [-0.05, 0) is 19.3 Å². The maximum absolute atomic E-state index is 12.3. The normalized spacial score (nSPS) is 14.8. The minimum absolute atomic E-state index is 0.00996. The molecule has 2 aromatic heterocycles. The molecule has 1 aliphatic rings. The van der Waals surface area contributed by atoms with Crippen molar-refractivity contribution in [3.63, 3.8) is 0 Å². The molecule has 0 saturated heterocycles. The molecule has 0 aliphatic carbocycles. The summed E-state index contributed by atoms with van der Waals surface area (Å²) < 4.78 is 9.16. The lowest BCUT2D eigenvalue weighted by Gasteiger charge is -2.13. The van der Waals surface area contributed by atoms with Gasteiger partial charge < -0.3 is 15.1 Å². The first-order valence-corrected chi connectivity index (χ1v) is 9.94. The molecule has 3 rings (SSSR count). The zero-order valence-corrected chi connectivity index (χ0v) is 17.3. The average molecular weight is 390 g/mol. The second-order valence-electron chi connectivity index (χ2n) is 8.11. The highest BCUT2D eigenvalue weighted by atomic mass is 16.4. The summed E-state index contributed by atoms with van der Waals surface area (Å²) in [4.78, 5) is 20.8. The van der Waals surface area contributed by atoms with Crippen molar-refractivity contribution in [3.8, 4) is 0 Å². The van der Waals surface area contributed by atoms with Crippen LogP contribution in [0.15, 0.2) is 20.4 Å². The lowest BCUT2D eigenvalue weighted by Crippen LogP contribution is -2.38. The molecule has 0 saturated carbocycles. The predicted octanol–water partition coefficient (Wildman–Crippen LogP) is 1.42. The summed E-state index contributed by atoms with van der Waals surface area (Å²) in [7, 11) is 1.72. The van der Waals surface area contributed by atoms with Gasteiger partial charge in [0.25, 0.3) is 0 Å². The molecular weight excluding hydrogens is 358 g/mol. The van der Waals surface area contributed by atoms with E-state index in [2.05, 4.69) is 46.5 Å². The zero-order chi connectivity index (χ0) is 20.1. The Morgan fingerprint density at radius 3 is 2.82 bits per heavy atom. The monoisotopic (exact) mass is 389 g/mol. The Labute approximate surface area is 165 Å². The highest BCUT2D eigenvalue weighted by molar-refractivity contribution is 5.79. The van der Waals surface area contributed by atoms with E-state index in [1.807, 2.05) is 0 Å². The number of aromatic nitrogens is 4. The van der Waals surface area contributed by atoms with Crippen LogP contribution in [0.5, 0.6) is 0 Å². The summed E-state index contributed by atoms with van der Waals surface area (Å²) in [5.41, 5.74) is -0.0500. The summed E-state index contributed by atoms with van der Waals surface area (Å²) >= 11 is 0. The molecule has 9 heteroatoms. The predicted molar refractivity (Wildman–Crippen MR) is 107 cm³/mol. The van der Waals surface area contributed by atoms with Crippen molar-refractivity contribution in [1.82, 2.24) is 30.0 Å². The quantitative estimate of drug-likeness (QED) is 0.440. The Morgan fingerprint density at radius 1 is 1.32 bits per heavy atom. The van der Waals surface area contributed by atoms with Crippen molar-refractivity contribution in [2.75, 3.05) is 13.6 Å². The van der Waals surface area contributed by atoms with Crippen LogP contribution >= 0.6 is 0 Å². The second kappa shape index (κ2) is 8.62. The average Bonchev–Trinajstić information content (AvgIpc) is 3.27. The molecule has 0 amide bonds. The van der Waals surface area contributed by atoms with Crippen molar-refractivity contribution in [2.24, 2.45) is 4.99 Å². The lowest BCUT2D eigenvalue weighted by molar-refractivity contribution is 0.379. The van der Waals surface area contributed by atoms with Gasteiger partial charge in [-0.25, -0.2) is 14.5 Å². The number of nitrogens with zero attached hydrogens (tertiary/aromatic N) is 5. The summed E-state index contributed by atoms with van der Waals surface area (Å²) in [6, 6.07) is 0. The molecule has 0 spiro atoms. The molecule has 0 unspecified atom stereocenters. The summed E-state index contributed by atoms with van der Waals surface area (Å²) in [6.45, 7) is 8.81. The summed E-state index contributed by atoms with van der Waals surface area (Å²) in [6.07, 6.45) is 5.63. The number of oxazole rings is 1. The molecule has 1 aliphatic heterocycles. The van der Waals surface area contributed by atoms with Gasteiger partial charge in [0, 0.05) is 38.5 Å². The number of guanidine groups is 1. The van der Waals surface area contributed by atoms with E-state index in [0.29, 0.717) is 31.5 Å². The molecule has 0 radical (unpaired) electrons. The van der Waals surface area contributed by atoms with Gasteiger partial charge in [-0.1, -0.05) is 20.8 Å². The van der Waals surface area contributed by atoms with Crippen LogP contribution in [0.25, 0.3) is 0 Å². The van der Waals surface area contributed by atoms with Crippen molar-refractivity contribution >= 4 is 5.96 Å². The molecule has 0 bridgehead atoms. The number of hydrogen-bond acceptors (Lipinski definition) is 5. The molecule has 2 aromatic rings. The van der Waals surface area contributed by atoms with Crippen LogP contribution in [-0.2, 0) is 31.5 Å². The largest absolute Gasteiger partial charge is 0.443 e. The molecule has 154 valence electrons. The fourth-order valence-electron chi connectivity index (χ4n) is 3.15. The fourth-order valence-corrected chi connectivity index (χ4v) is 3.15. The third-order valence-corrected chi connectivity index (χ3v) is 4.79. The van der Waals surface area contributed by atoms with Crippen LogP contribution in [0.1, 0.15) is 57.5 Å². The molecule has 3 heterocycles. The fraction of sp³-hybridized carbons (Fsp3) is 0.684. The summed E-state index contributed by atoms with van der Waals surface area (Å²) in [5, 5.41) is 10.9. The maximum Gasteiger partial charge on any atom is 0.345 e. The molecule has 0 aromatic carbocycles. The first-order valence-electron chi connectivity index (χ1n) is 9.94. The van der Waals surface area contributed by atoms with E-state index < -0.39 is 0 Å². The molecule has 28 heavy (non-hydrogen) atoms. The molecule has 0 fully saturated rings. The van der Waals surface area contributed by atoms with Crippen LogP contribution in [0.4, 0.5) is 0 Å². The summed E-state index contributed by atoms with van der Waals surface area (Å²) in [5.74, 6) is 3.08. The van der Waals surface area contributed by atoms with Crippen LogP contribution in [-0.4, -0.2) is 38.9 Å². The zero-order valence-electron chi connectivity index (χ0n) is 17.3. The van der Waals surface area contributed by atoms with E-state index in [-0.39, 0.29) is 11.1 Å². The van der Waals surface area contributed by atoms with E-state index >= 15 is 0 Å². The van der Waals surface area contributed by atoms with Gasteiger partial charge in [0.05, 0.1) is 12.7 Å². The Balaban J connectivity index is 1.43. The number of aryl methyl sites for hydroxylation is 2. The highest BCUT2D eigenvalue weighted by Crippen LogP contribution is 2.22. The van der Waals surface area contributed by atoms with Crippen molar-refractivity contribution < 1.29 is 4.42 Å². The van der Waals surface area contributed by atoms with E-state index in [4.69, 9.17) is 4.42 Å². The number of fused-ring (bicyclic) bond motifs is 1. The SMILES string of the molecule is CN=C(NCCCn1nc2n(c1=O)CCCC2)NCc1ncc(C(C)(C)C)o1. The Morgan fingerprint density at radius 2 is 2.14 bits per heavy atom. The van der Waals surface area contributed by atoms with Gasteiger partial charge >= 0.3 is 5.69 Å². The van der Waals surface area contributed by atoms with E-state index in [0.717, 1.165) is 43.8 Å². The third-order valence-electron chi connectivity index (χ3n) is 4.79. The highest BCUT2D eigenvalue weighted by Gasteiger charge is 2.19. The van der Waals surface area contributed by atoms with Crippen LogP contribution in [0.3, 0.4) is 0 Å². The number of rotatable bonds is 6. The lowest BCUT2D eigenvalue weighted by atomic mass is 9.94. The number of nitrogens with one attached hydrogen (secondary N) is 2. The topological polar surface area (TPSA) is 102 Å². The van der Waals surface area contributed by atoms with Crippen LogP contribution in [0.2, 0.25) is 0 Å². The van der Waals surface area contributed by atoms with Crippen molar-refractivity contribution in [3.05, 3.63) is 34.2 Å². The van der Waals surface area contributed by atoms with Gasteiger partial charge in [-0.2, -0.15) is 5.10 Å². The van der Waals surface area contributed by atoms with E-state index in [1.165, 1.54) is 0 Å². The van der Waals surface area contributed by atoms with Crippen LogP contribution < -0.4 is 16.3 Å². The molecule has 0 atom stereocenters. The van der Waals surface area contributed by atoms with E-state index in [9.17, 15) is 4.79 Å². The standard InChI is InChI=1S/C19H31N7O2/c1-19(2,3)14-12-22-16(28-14)13-23-17(20-4)21-9-7-11-26-18(27)25-10-6-5-8-15(25)24-26/h12H,5-11,13H2,1-4H3,(H2,20,21,23). The van der Waals surface area contributed by atoms with Gasteiger partial charge in [-0.3, -0.25) is 9.56 Å². The van der Waals surface area contributed by atoms with Gasteiger partial charge in [0.1, 0.15) is 11.6 Å². The van der Waals surface area contributed by atoms with Gasteiger partial charge in [0.2, 0.25) is 5.89 Å². The first-order chi connectivity index (χ1) is 13.4. The van der Waals surface area contributed by atoms with E-state index in [1.54, 1.807) is 22.5 Å². The molecule has 9 nitrogen and oxygen atoms in total. The minimum atomic E-state index is -0.0599. The van der Waals surface area contributed by atoms with Gasteiger partial charge in [-0.15, -0.1) is 0 Å². The van der Waals surface area contributed by atoms with Crippen LogP contribution in [0, 0.1) is 0 Å². The van der Waals surface area contributed by atoms with Crippen molar-refractivity contribution in [2.45, 2.75) is 71.5 Å². The number of hydrogen-bond donors (Lipinski definition) is 2. The third kappa shape index (κ3) is 4.82. The Bertz CT molecular complexity index is 870. The first kappa shape index (κ1) is 20.2. The Kier molecular flexibility index (Phi) is 6.21.